The second-order valence-corrected chi connectivity index (χ2v) is 5.97. The number of aromatic amines is 2. The Hall–Kier alpha value is -1.59. The van der Waals surface area contributed by atoms with Gasteiger partial charge in [0.25, 0.3) is 0 Å². The summed E-state index contributed by atoms with van der Waals surface area (Å²) in [6.45, 7) is 2.68. The van der Waals surface area contributed by atoms with Crippen molar-refractivity contribution in [3.8, 4) is 0 Å². The van der Waals surface area contributed by atoms with Crippen molar-refractivity contribution in [2.24, 2.45) is 11.8 Å². The lowest BCUT2D eigenvalue weighted by atomic mass is 9.99. The Kier molecular flexibility index (Phi) is 4.98. The van der Waals surface area contributed by atoms with Gasteiger partial charge in [-0.1, -0.05) is 39.0 Å². The minimum atomic E-state index is -0.744. The standard InChI is InChI=1S/C14H23N3O3/c1-10-6-7-11(9-10)5-3-2-4-8-17-13(19)15-12(18)16-14(17)20/h10-11H,2-9H2,1H3,(H2,15,16,18,19,20). The van der Waals surface area contributed by atoms with Gasteiger partial charge in [0.1, 0.15) is 0 Å². The first-order chi connectivity index (χ1) is 9.56. The van der Waals surface area contributed by atoms with E-state index in [0.717, 1.165) is 35.7 Å². The maximum Gasteiger partial charge on any atom is 0.333 e. The molecule has 1 aliphatic rings. The molecule has 2 rings (SSSR count). The van der Waals surface area contributed by atoms with Crippen molar-refractivity contribution in [1.82, 2.24) is 14.5 Å². The van der Waals surface area contributed by atoms with Crippen LogP contribution in [-0.4, -0.2) is 14.5 Å². The molecule has 6 heteroatoms. The summed E-state index contributed by atoms with van der Waals surface area (Å²) in [4.78, 5) is 37.9. The minimum Gasteiger partial charge on any atom is -0.259 e. The Bertz CT molecular complexity index is 564. The number of rotatable bonds is 6. The van der Waals surface area contributed by atoms with Gasteiger partial charge in [-0.2, -0.15) is 0 Å². The lowest BCUT2D eigenvalue weighted by Gasteiger charge is -2.09. The zero-order chi connectivity index (χ0) is 14.5. The van der Waals surface area contributed by atoms with Crippen LogP contribution in [0.15, 0.2) is 14.4 Å². The maximum atomic E-state index is 11.5. The fourth-order valence-corrected chi connectivity index (χ4v) is 3.12. The Morgan fingerprint density at radius 3 is 2.35 bits per heavy atom. The van der Waals surface area contributed by atoms with Crippen molar-refractivity contribution in [1.29, 1.82) is 0 Å². The SMILES string of the molecule is CC1CCC(CCCCCn2c(=O)[nH]c(=O)[nH]c2=O)C1. The van der Waals surface area contributed by atoms with E-state index >= 15 is 0 Å². The molecule has 0 aliphatic heterocycles. The van der Waals surface area contributed by atoms with Gasteiger partial charge in [0.15, 0.2) is 0 Å². The van der Waals surface area contributed by atoms with Crippen molar-refractivity contribution in [3.63, 3.8) is 0 Å². The third-order valence-electron chi connectivity index (χ3n) is 4.23. The summed E-state index contributed by atoms with van der Waals surface area (Å²) in [5.74, 6) is 1.74. The van der Waals surface area contributed by atoms with E-state index in [2.05, 4.69) is 16.9 Å². The van der Waals surface area contributed by atoms with Crippen LogP contribution in [-0.2, 0) is 6.54 Å². The minimum absolute atomic E-state index is 0.367. The van der Waals surface area contributed by atoms with Crippen LogP contribution >= 0.6 is 0 Å². The molecule has 1 heterocycles. The molecule has 0 aromatic carbocycles. The second kappa shape index (κ2) is 6.72. The van der Waals surface area contributed by atoms with Crippen LogP contribution in [0, 0.1) is 11.8 Å². The van der Waals surface area contributed by atoms with Gasteiger partial charge >= 0.3 is 17.1 Å². The average Bonchev–Trinajstić information content (AvgIpc) is 2.77. The molecule has 1 saturated carbocycles. The molecule has 0 bridgehead atoms. The smallest absolute Gasteiger partial charge is 0.259 e. The fraction of sp³-hybridized carbons (Fsp3) is 0.786. The Labute approximate surface area is 117 Å². The number of H-pyrrole nitrogens is 2. The molecule has 112 valence electrons. The van der Waals surface area contributed by atoms with Crippen LogP contribution in [0.4, 0.5) is 0 Å². The van der Waals surface area contributed by atoms with Gasteiger partial charge in [-0.3, -0.25) is 9.97 Å². The molecule has 6 nitrogen and oxygen atoms in total. The Morgan fingerprint density at radius 1 is 1.05 bits per heavy atom. The molecule has 1 aromatic rings. The first kappa shape index (κ1) is 14.8. The number of hydrogen-bond acceptors (Lipinski definition) is 3. The Balaban J connectivity index is 1.73. The van der Waals surface area contributed by atoms with E-state index in [-0.39, 0.29) is 0 Å². The summed E-state index contributed by atoms with van der Waals surface area (Å²) in [5, 5.41) is 0. The van der Waals surface area contributed by atoms with E-state index in [4.69, 9.17) is 0 Å². The predicted octanol–water partition coefficient (Wildman–Crippen LogP) is 1.22. The van der Waals surface area contributed by atoms with Crippen molar-refractivity contribution in [2.45, 2.75) is 58.4 Å². The molecule has 2 N–H and O–H groups in total. The number of hydrogen-bond donors (Lipinski definition) is 2. The highest BCUT2D eigenvalue weighted by molar-refractivity contribution is 4.73. The summed E-state index contributed by atoms with van der Waals surface area (Å²) >= 11 is 0. The molecule has 2 unspecified atom stereocenters. The van der Waals surface area contributed by atoms with E-state index in [1.807, 2.05) is 0 Å². The number of unbranched alkanes of at least 4 members (excludes halogenated alkanes) is 2. The first-order valence-corrected chi connectivity index (χ1v) is 7.49. The zero-order valence-electron chi connectivity index (χ0n) is 12.0. The number of nitrogens with zero attached hydrogens (tertiary/aromatic N) is 1. The van der Waals surface area contributed by atoms with Crippen LogP contribution in [0.5, 0.6) is 0 Å². The van der Waals surface area contributed by atoms with E-state index in [1.165, 1.54) is 25.7 Å². The molecule has 0 radical (unpaired) electrons. The van der Waals surface area contributed by atoms with Gasteiger partial charge in [-0.05, 0) is 24.7 Å². The fourth-order valence-electron chi connectivity index (χ4n) is 3.12. The summed E-state index contributed by atoms with van der Waals surface area (Å²) in [6, 6.07) is 0. The van der Waals surface area contributed by atoms with Gasteiger partial charge in [0.05, 0.1) is 0 Å². The normalized spacial score (nSPS) is 22.2. The largest absolute Gasteiger partial charge is 0.333 e. The maximum absolute atomic E-state index is 11.5. The monoisotopic (exact) mass is 281 g/mol. The lowest BCUT2D eigenvalue weighted by Crippen LogP contribution is -2.43. The van der Waals surface area contributed by atoms with Gasteiger partial charge < -0.3 is 0 Å². The molecular formula is C14H23N3O3. The van der Waals surface area contributed by atoms with Crippen LogP contribution in [0.2, 0.25) is 0 Å². The molecule has 1 fully saturated rings. The zero-order valence-corrected chi connectivity index (χ0v) is 12.0. The number of nitrogens with one attached hydrogen (secondary N) is 2. The summed E-state index contributed by atoms with van der Waals surface area (Å²) in [7, 11) is 0. The van der Waals surface area contributed by atoms with Crippen LogP contribution in [0.25, 0.3) is 0 Å². The van der Waals surface area contributed by atoms with Crippen LogP contribution < -0.4 is 17.1 Å². The molecule has 20 heavy (non-hydrogen) atoms. The van der Waals surface area contributed by atoms with E-state index in [1.54, 1.807) is 0 Å². The molecule has 2 atom stereocenters. The number of aromatic nitrogens is 3. The molecule has 0 saturated heterocycles. The quantitative estimate of drug-likeness (QED) is 0.768. The third-order valence-corrected chi connectivity index (χ3v) is 4.23. The van der Waals surface area contributed by atoms with Crippen molar-refractivity contribution < 1.29 is 0 Å². The summed E-state index contributed by atoms with van der Waals surface area (Å²) in [5.41, 5.74) is -1.99. The molecule has 1 aromatic heterocycles. The second-order valence-electron chi connectivity index (χ2n) is 5.97. The first-order valence-electron chi connectivity index (χ1n) is 7.49. The highest BCUT2D eigenvalue weighted by atomic mass is 16.2. The summed E-state index contributed by atoms with van der Waals surface area (Å²) < 4.78 is 1.05. The topological polar surface area (TPSA) is 87.7 Å². The van der Waals surface area contributed by atoms with Gasteiger partial charge in [0, 0.05) is 6.54 Å². The van der Waals surface area contributed by atoms with Gasteiger partial charge in [0.2, 0.25) is 0 Å². The van der Waals surface area contributed by atoms with Crippen LogP contribution in [0.3, 0.4) is 0 Å². The van der Waals surface area contributed by atoms with E-state index in [9.17, 15) is 14.4 Å². The average molecular weight is 281 g/mol. The van der Waals surface area contributed by atoms with E-state index in [0.29, 0.717) is 6.54 Å². The highest BCUT2D eigenvalue weighted by Gasteiger charge is 2.20. The van der Waals surface area contributed by atoms with Crippen LogP contribution in [0.1, 0.15) is 51.9 Å². The molecular weight excluding hydrogens is 258 g/mol. The van der Waals surface area contributed by atoms with Gasteiger partial charge in [-0.25, -0.2) is 19.0 Å². The molecule has 0 amide bonds. The lowest BCUT2D eigenvalue weighted by molar-refractivity contribution is 0.440. The van der Waals surface area contributed by atoms with Crippen molar-refractivity contribution in [3.05, 3.63) is 31.5 Å². The predicted molar refractivity (Wildman–Crippen MR) is 76.9 cm³/mol. The van der Waals surface area contributed by atoms with Crippen molar-refractivity contribution in [2.75, 3.05) is 0 Å². The van der Waals surface area contributed by atoms with Gasteiger partial charge in [-0.15, -0.1) is 0 Å². The Morgan fingerprint density at radius 2 is 1.75 bits per heavy atom. The molecule has 1 aliphatic carbocycles. The molecule has 0 spiro atoms. The third kappa shape index (κ3) is 3.95. The summed E-state index contributed by atoms with van der Waals surface area (Å²) in [6.07, 6.45) is 8.24. The van der Waals surface area contributed by atoms with E-state index < -0.39 is 17.1 Å². The highest BCUT2D eigenvalue weighted by Crippen LogP contribution is 2.33. The van der Waals surface area contributed by atoms with Crippen molar-refractivity contribution >= 4 is 0 Å².